The minimum atomic E-state index is 0.120. The zero-order valence-corrected chi connectivity index (χ0v) is 15.4. The smallest absolute Gasteiger partial charge is 0.253 e. The predicted molar refractivity (Wildman–Crippen MR) is 101 cm³/mol. The van der Waals surface area contributed by atoms with Crippen LogP contribution in [0.2, 0.25) is 0 Å². The topological polar surface area (TPSA) is 42.4 Å². The average molecular weight is 350 g/mol. The lowest BCUT2D eigenvalue weighted by Gasteiger charge is -2.28. The number of fused-ring (bicyclic) bond motifs is 1. The van der Waals surface area contributed by atoms with Crippen molar-refractivity contribution in [2.24, 2.45) is 11.3 Å². The predicted octanol–water partition coefficient (Wildman–Crippen LogP) is 3.85. The molecule has 4 rings (SSSR count). The third-order valence-electron chi connectivity index (χ3n) is 5.99. The van der Waals surface area contributed by atoms with E-state index in [0.29, 0.717) is 19.1 Å². The molecule has 1 aromatic heterocycles. The highest BCUT2D eigenvalue weighted by molar-refractivity contribution is 5.94. The van der Waals surface area contributed by atoms with Crippen molar-refractivity contribution in [1.29, 1.82) is 0 Å². The molecule has 0 radical (unpaired) electrons. The van der Waals surface area contributed by atoms with Gasteiger partial charge in [-0.2, -0.15) is 0 Å². The van der Waals surface area contributed by atoms with Gasteiger partial charge in [0.25, 0.3) is 5.91 Å². The Morgan fingerprint density at radius 1 is 1.27 bits per heavy atom. The number of benzene rings is 1. The molecule has 1 aliphatic heterocycles. The highest BCUT2D eigenvalue weighted by Gasteiger charge is 2.50. The Balaban J connectivity index is 1.41. The summed E-state index contributed by atoms with van der Waals surface area (Å²) in [5.41, 5.74) is 3.05. The van der Waals surface area contributed by atoms with Gasteiger partial charge < -0.3 is 9.64 Å². The van der Waals surface area contributed by atoms with Crippen LogP contribution in [-0.2, 0) is 11.3 Å². The summed E-state index contributed by atoms with van der Waals surface area (Å²) in [5, 5.41) is 0. The molecule has 2 heterocycles. The Kier molecular flexibility index (Phi) is 4.77. The zero-order chi connectivity index (χ0) is 18.0. The lowest BCUT2D eigenvalue weighted by Crippen LogP contribution is -2.34. The monoisotopic (exact) mass is 350 g/mol. The van der Waals surface area contributed by atoms with Gasteiger partial charge in [-0.3, -0.25) is 9.78 Å². The van der Waals surface area contributed by atoms with Gasteiger partial charge >= 0.3 is 0 Å². The van der Waals surface area contributed by atoms with Gasteiger partial charge in [0.05, 0.1) is 18.9 Å². The number of carbonyl (C=O) groups is 1. The van der Waals surface area contributed by atoms with Crippen LogP contribution in [0.3, 0.4) is 0 Å². The van der Waals surface area contributed by atoms with Crippen LogP contribution in [0, 0.1) is 18.3 Å². The summed E-state index contributed by atoms with van der Waals surface area (Å²) in [5.74, 6) is 0.712. The van der Waals surface area contributed by atoms with Crippen LogP contribution in [0.25, 0.3) is 0 Å². The number of hydrogen-bond acceptors (Lipinski definition) is 3. The number of aromatic nitrogens is 1. The largest absolute Gasteiger partial charge is 0.375 e. The summed E-state index contributed by atoms with van der Waals surface area (Å²) < 4.78 is 6.06. The van der Waals surface area contributed by atoms with Gasteiger partial charge in [0.15, 0.2) is 0 Å². The number of nitrogens with zero attached hydrogens (tertiary/aromatic N) is 2. The van der Waals surface area contributed by atoms with Crippen molar-refractivity contribution in [3.63, 3.8) is 0 Å². The first-order valence-electron chi connectivity index (χ1n) is 9.50. The first-order chi connectivity index (χ1) is 12.7. The molecule has 0 N–H and O–H groups in total. The van der Waals surface area contributed by atoms with Gasteiger partial charge in [0, 0.05) is 30.3 Å². The maximum Gasteiger partial charge on any atom is 0.253 e. The fourth-order valence-electron chi connectivity index (χ4n) is 4.53. The van der Waals surface area contributed by atoms with E-state index >= 15 is 0 Å². The molecule has 1 aliphatic carbocycles. The van der Waals surface area contributed by atoms with E-state index in [1.165, 1.54) is 18.4 Å². The van der Waals surface area contributed by atoms with E-state index in [0.717, 1.165) is 30.8 Å². The summed E-state index contributed by atoms with van der Waals surface area (Å²) in [6.07, 6.45) is 5.39. The number of ether oxygens (including phenoxy) is 1. The summed E-state index contributed by atoms with van der Waals surface area (Å²) in [7, 11) is 0. The van der Waals surface area contributed by atoms with Gasteiger partial charge in [0.1, 0.15) is 0 Å². The molecule has 1 aromatic carbocycles. The second-order valence-corrected chi connectivity index (χ2v) is 7.82. The van der Waals surface area contributed by atoms with Crippen molar-refractivity contribution in [3.8, 4) is 0 Å². The fraction of sp³-hybridized carbons (Fsp3) is 0.455. The van der Waals surface area contributed by atoms with E-state index in [1.54, 1.807) is 6.20 Å². The van der Waals surface area contributed by atoms with Crippen LogP contribution < -0.4 is 0 Å². The van der Waals surface area contributed by atoms with Crippen LogP contribution in [0.4, 0.5) is 0 Å². The van der Waals surface area contributed by atoms with Crippen LogP contribution in [-0.4, -0.2) is 35.5 Å². The molecule has 1 saturated carbocycles. The third-order valence-corrected chi connectivity index (χ3v) is 5.99. The van der Waals surface area contributed by atoms with Crippen LogP contribution in [0.15, 0.2) is 48.7 Å². The Hall–Kier alpha value is -2.20. The van der Waals surface area contributed by atoms with E-state index in [2.05, 4.69) is 4.98 Å². The standard InChI is InChI=1S/C22H26N2O2/c1-17-7-9-18(10-8-17)21(25)24-13-19-5-4-11-22(19,15-24)16-26-14-20-6-2-3-12-23-20/h2-3,6-10,12,19H,4-5,11,13-16H2,1H3/t19-,22+/m0/s1. The summed E-state index contributed by atoms with van der Waals surface area (Å²) >= 11 is 0. The number of likely N-dealkylation sites (tertiary alicyclic amines) is 1. The van der Waals surface area contributed by atoms with Gasteiger partial charge in [0.2, 0.25) is 0 Å². The number of pyridine rings is 1. The molecule has 136 valence electrons. The number of aryl methyl sites for hydroxylation is 1. The van der Waals surface area contributed by atoms with Crippen LogP contribution in [0.5, 0.6) is 0 Å². The second kappa shape index (κ2) is 7.20. The van der Waals surface area contributed by atoms with Crippen molar-refractivity contribution in [1.82, 2.24) is 9.88 Å². The van der Waals surface area contributed by atoms with Gasteiger partial charge in [-0.15, -0.1) is 0 Å². The Morgan fingerprint density at radius 3 is 2.88 bits per heavy atom. The van der Waals surface area contributed by atoms with Gasteiger partial charge in [-0.1, -0.05) is 30.2 Å². The van der Waals surface area contributed by atoms with Crippen molar-refractivity contribution < 1.29 is 9.53 Å². The van der Waals surface area contributed by atoms with E-state index in [9.17, 15) is 4.79 Å². The summed E-state index contributed by atoms with van der Waals surface area (Å²) in [4.78, 5) is 19.3. The van der Waals surface area contributed by atoms with E-state index < -0.39 is 0 Å². The number of carbonyl (C=O) groups excluding carboxylic acids is 1. The first kappa shape index (κ1) is 17.2. The van der Waals surface area contributed by atoms with Gasteiger partial charge in [-0.25, -0.2) is 0 Å². The highest BCUT2D eigenvalue weighted by atomic mass is 16.5. The lowest BCUT2D eigenvalue weighted by molar-refractivity contribution is 0.0252. The van der Waals surface area contributed by atoms with E-state index in [-0.39, 0.29) is 11.3 Å². The lowest BCUT2D eigenvalue weighted by atomic mass is 9.81. The summed E-state index contributed by atoms with van der Waals surface area (Å²) in [6.45, 7) is 4.97. The van der Waals surface area contributed by atoms with Crippen molar-refractivity contribution in [2.45, 2.75) is 32.8 Å². The molecule has 0 unspecified atom stereocenters. The normalized spacial score (nSPS) is 24.7. The molecule has 2 fully saturated rings. The van der Waals surface area contributed by atoms with Gasteiger partial charge in [-0.05, 0) is 49.9 Å². The number of hydrogen-bond donors (Lipinski definition) is 0. The molecule has 2 atom stereocenters. The first-order valence-corrected chi connectivity index (χ1v) is 9.50. The number of rotatable bonds is 5. The van der Waals surface area contributed by atoms with Crippen LogP contribution >= 0.6 is 0 Å². The molecule has 4 nitrogen and oxygen atoms in total. The minimum Gasteiger partial charge on any atom is -0.375 e. The highest BCUT2D eigenvalue weighted by Crippen LogP contribution is 2.49. The molecule has 0 bridgehead atoms. The second-order valence-electron chi connectivity index (χ2n) is 7.82. The molecule has 2 aliphatic rings. The molecule has 1 saturated heterocycles. The van der Waals surface area contributed by atoms with E-state index in [1.807, 2.05) is 54.3 Å². The van der Waals surface area contributed by atoms with E-state index in [4.69, 9.17) is 4.74 Å². The molecule has 1 amide bonds. The maximum atomic E-state index is 12.9. The minimum absolute atomic E-state index is 0.120. The Bertz CT molecular complexity index is 759. The SMILES string of the molecule is Cc1ccc(C(=O)N2C[C@@H]3CCC[C@]3(COCc3ccccn3)C2)cc1. The Morgan fingerprint density at radius 2 is 2.12 bits per heavy atom. The molecular formula is C22H26N2O2. The Labute approximate surface area is 155 Å². The van der Waals surface area contributed by atoms with Crippen molar-refractivity contribution in [2.75, 3.05) is 19.7 Å². The number of amides is 1. The quantitative estimate of drug-likeness (QED) is 0.822. The van der Waals surface area contributed by atoms with Crippen molar-refractivity contribution >= 4 is 5.91 Å². The molecule has 0 spiro atoms. The summed E-state index contributed by atoms with van der Waals surface area (Å²) in [6, 6.07) is 13.8. The zero-order valence-electron chi connectivity index (χ0n) is 15.4. The third kappa shape index (κ3) is 3.38. The molecule has 26 heavy (non-hydrogen) atoms. The molecular weight excluding hydrogens is 324 g/mol. The maximum absolute atomic E-state index is 12.9. The molecule has 4 heteroatoms. The fourth-order valence-corrected chi connectivity index (χ4v) is 4.53. The average Bonchev–Trinajstić information content (AvgIpc) is 3.20. The van der Waals surface area contributed by atoms with Crippen molar-refractivity contribution in [3.05, 3.63) is 65.5 Å². The van der Waals surface area contributed by atoms with Crippen LogP contribution in [0.1, 0.15) is 40.9 Å². The molecule has 2 aromatic rings.